The Morgan fingerprint density at radius 3 is 2.47 bits per heavy atom. The minimum atomic E-state index is -2.53. The molecule has 0 spiro atoms. The van der Waals surface area contributed by atoms with Gasteiger partial charge < -0.3 is 10.5 Å². The topological polar surface area (TPSA) is 35.2 Å². The van der Waals surface area contributed by atoms with Gasteiger partial charge in [0.05, 0.1) is 12.7 Å². The van der Waals surface area contributed by atoms with Gasteiger partial charge in [0.1, 0.15) is 5.75 Å². The van der Waals surface area contributed by atoms with Crippen molar-refractivity contribution in [3.63, 3.8) is 0 Å². The van der Waals surface area contributed by atoms with E-state index in [1.165, 1.54) is 13.2 Å². The molecule has 0 aromatic heterocycles. The Bertz CT molecular complexity index is 400. The summed E-state index contributed by atoms with van der Waals surface area (Å²) in [7, 11) is 1.42. The molecule has 17 heavy (non-hydrogen) atoms. The first kappa shape index (κ1) is 12.3. The second kappa shape index (κ2) is 4.61. The average molecular weight is 241 g/mol. The summed E-state index contributed by atoms with van der Waals surface area (Å²) in [6.07, 6.45) is 1.21. The molecule has 0 unspecified atom stereocenters. The van der Waals surface area contributed by atoms with Crippen molar-refractivity contribution in [2.75, 3.05) is 7.11 Å². The van der Waals surface area contributed by atoms with Crippen molar-refractivity contribution in [3.8, 4) is 5.75 Å². The number of ether oxygens (including phenoxy) is 1. The molecule has 0 aliphatic heterocycles. The van der Waals surface area contributed by atoms with E-state index in [4.69, 9.17) is 10.5 Å². The molecule has 0 amide bonds. The minimum absolute atomic E-state index is 0.0678. The summed E-state index contributed by atoms with van der Waals surface area (Å²) in [6.45, 7) is 0. The van der Waals surface area contributed by atoms with Crippen molar-refractivity contribution in [2.45, 2.75) is 37.6 Å². The van der Waals surface area contributed by atoms with Gasteiger partial charge in [-0.2, -0.15) is 0 Å². The van der Waals surface area contributed by atoms with E-state index < -0.39 is 12.0 Å². The molecule has 0 heterocycles. The molecule has 1 saturated carbocycles. The summed E-state index contributed by atoms with van der Waals surface area (Å²) in [5.74, 6) is 0.256. The van der Waals surface area contributed by atoms with E-state index >= 15 is 0 Å². The molecule has 0 atom stereocenters. The van der Waals surface area contributed by atoms with Gasteiger partial charge in [-0.1, -0.05) is 25.0 Å². The maximum absolute atomic E-state index is 12.9. The fraction of sp³-hybridized carbons (Fsp3) is 0.538. The van der Waals surface area contributed by atoms with Gasteiger partial charge >= 0.3 is 0 Å². The summed E-state index contributed by atoms with van der Waals surface area (Å²) in [4.78, 5) is 0. The molecule has 94 valence electrons. The lowest BCUT2D eigenvalue weighted by Gasteiger charge is -2.27. The highest BCUT2D eigenvalue weighted by Gasteiger charge is 2.35. The van der Waals surface area contributed by atoms with Crippen LogP contribution in [0.5, 0.6) is 5.75 Å². The molecule has 1 aliphatic rings. The van der Waals surface area contributed by atoms with Crippen LogP contribution in [0.4, 0.5) is 8.78 Å². The Hall–Kier alpha value is -1.16. The molecule has 2 rings (SSSR count). The molecular formula is C13H17F2NO. The maximum Gasteiger partial charge on any atom is 0.267 e. The first-order valence-electron chi connectivity index (χ1n) is 5.83. The fourth-order valence-electron chi connectivity index (χ4n) is 2.62. The number of nitrogens with two attached hydrogens (primary N) is 1. The third-order valence-electron chi connectivity index (χ3n) is 3.52. The number of hydrogen-bond acceptors (Lipinski definition) is 2. The lowest BCUT2D eigenvalue weighted by Crippen LogP contribution is -2.33. The van der Waals surface area contributed by atoms with Crippen LogP contribution >= 0.6 is 0 Å². The molecule has 2 nitrogen and oxygen atoms in total. The van der Waals surface area contributed by atoms with E-state index in [-0.39, 0.29) is 11.3 Å². The zero-order chi connectivity index (χ0) is 12.5. The van der Waals surface area contributed by atoms with Crippen LogP contribution in [0.25, 0.3) is 0 Å². The standard InChI is InChI=1S/C13H17F2NO/c1-17-11-9(12(14)15)5-4-6-10(11)13(16)7-2-3-8-13/h4-6,12H,2-3,7-8,16H2,1H3. The van der Waals surface area contributed by atoms with Crippen LogP contribution in [-0.2, 0) is 5.54 Å². The highest BCUT2D eigenvalue weighted by molar-refractivity contribution is 5.46. The fourth-order valence-corrected chi connectivity index (χ4v) is 2.62. The van der Waals surface area contributed by atoms with Gasteiger partial charge in [0.2, 0.25) is 0 Å². The van der Waals surface area contributed by atoms with Gasteiger partial charge in [0, 0.05) is 11.1 Å². The molecular weight excluding hydrogens is 224 g/mol. The largest absolute Gasteiger partial charge is 0.496 e. The van der Waals surface area contributed by atoms with E-state index in [1.807, 2.05) is 0 Å². The number of para-hydroxylation sites is 1. The molecule has 4 heteroatoms. The quantitative estimate of drug-likeness (QED) is 0.880. The third-order valence-corrected chi connectivity index (χ3v) is 3.52. The van der Waals surface area contributed by atoms with Crippen molar-refractivity contribution in [1.82, 2.24) is 0 Å². The van der Waals surface area contributed by atoms with Crippen LogP contribution in [0, 0.1) is 0 Å². The van der Waals surface area contributed by atoms with E-state index in [9.17, 15) is 8.78 Å². The predicted octanol–water partition coefficient (Wildman–Crippen LogP) is 3.36. The van der Waals surface area contributed by atoms with Gasteiger partial charge in [-0.3, -0.25) is 0 Å². The van der Waals surface area contributed by atoms with Crippen molar-refractivity contribution >= 4 is 0 Å². The van der Waals surface area contributed by atoms with Crippen LogP contribution in [0.1, 0.15) is 43.2 Å². The number of halogens is 2. The number of alkyl halides is 2. The van der Waals surface area contributed by atoms with Gasteiger partial charge in [-0.05, 0) is 18.9 Å². The highest BCUT2D eigenvalue weighted by atomic mass is 19.3. The Balaban J connectivity index is 2.50. The third kappa shape index (κ3) is 2.14. The molecule has 1 aromatic carbocycles. The number of rotatable bonds is 3. The average Bonchev–Trinajstić information content (AvgIpc) is 2.76. The van der Waals surface area contributed by atoms with E-state index in [0.29, 0.717) is 0 Å². The van der Waals surface area contributed by atoms with E-state index in [0.717, 1.165) is 31.2 Å². The SMILES string of the molecule is COc1c(C(F)F)cccc1C1(N)CCCC1. The molecule has 0 bridgehead atoms. The molecule has 2 N–H and O–H groups in total. The first-order chi connectivity index (χ1) is 8.08. The smallest absolute Gasteiger partial charge is 0.267 e. The second-order valence-corrected chi connectivity index (χ2v) is 4.59. The van der Waals surface area contributed by atoms with Gasteiger partial charge in [-0.15, -0.1) is 0 Å². The van der Waals surface area contributed by atoms with Crippen LogP contribution in [0.2, 0.25) is 0 Å². The summed E-state index contributed by atoms with van der Waals surface area (Å²) >= 11 is 0. The molecule has 1 aromatic rings. The van der Waals surface area contributed by atoms with Crippen LogP contribution in [0.3, 0.4) is 0 Å². The minimum Gasteiger partial charge on any atom is -0.496 e. The Morgan fingerprint density at radius 2 is 1.94 bits per heavy atom. The van der Waals surface area contributed by atoms with Crippen molar-refractivity contribution in [2.24, 2.45) is 5.73 Å². The monoisotopic (exact) mass is 241 g/mol. The lowest BCUT2D eigenvalue weighted by atomic mass is 9.87. The van der Waals surface area contributed by atoms with E-state index in [2.05, 4.69) is 0 Å². The number of hydrogen-bond donors (Lipinski definition) is 1. The second-order valence-electron chi connectivity index (χ2n) is 4.59. The van der Waals surface area contributed by atoms with Crippen molar-refractivity contribution in [1.29, 1.82) is 0 Å². The van der Waals surface area contributed by atoms with Gasteiger partial charge in [-0.25, -0.2) is 8.78 Å². The number of benzene rings is 1. The van der Waals surface area contributed by atoms with Crippen molar-refractivity contribution < 1.29 is 13.5 Å². The van der Waals surface area contributed by atoms with E-state index in [1.54, 1.807) is 12.1 Å². The highest BCUT2D eigenvalue weighted by Crippen LogP contribution is 2.43. The van der Waals surface area contributed by atoms with Gasteiger partial charge in [0.15, 0.2) is 0 Å². The summed E-state index contributed by atoms with van der Waals surface area (Å²) < 4.78 is 30.9. The zero-order valence-electron chi connectivity index (χ0n) is 9.88. The van der Waals surface area contributed by atoms with Gasteiger partial charge in [0.25, 0.3) is 6.43 Å². The Morgan fingerprint density at radius 1 is 1.29 bits per heavy atom. The van der Waals surface area contributed by atoms with Crippen LogP contribution in [-0.4, -0.2) is 7.11 Å². The summed E-state index contributed by atoms with van der Waals surface area (Å²) in [5, 5.41) is 0. The molecule has 1 aliphatic carbocycles. The van der Waals surface area contributed by atoms with Crippen molar-refractivity contribution in [3.05, 3.63) is 29.3 Å². The summed E-state index contributed by atoms with van der Waals surface area (Å²) in [6, 6.07) is 4.83. The normalized spacial score (nSPS) is 18.6. The first-order valence-corrected chi connectivity index (χ1v) is 5.83. The summed E-state index contributed by atoms with van der Waals surface area (Å²) in [5.41, 5.74) is 6.45. The van der Waals surface area contributed by atoms with Crippen LogP contribution < -0.4 is 10.5 Å². The zero-order valence-corrected chi connectivity index (χ0v) is 9.88. The molecule has 0 saturated heterocycles. The maximum atomic E-state index is 12.9. The number of methoxy groups -OCH3 is 1. The molecule has 1 fully saturated rings. The predicted molar refractivity (Wildman–Crippen MR) is 62.3 cm³/mol. The lowest BCUT2D eigenvalue weighted by molar-refractivity contribution is 0.146. The van der Waals surface area contributed by atoms with Crippen LogP contribution in [0.15, 0.2) is 18.2 Å². The Kier molecular flexibility index (Phi) is 3.33. The Labute approximate surface area is 99.8 Å². The molecule has 0 radical (unpaired) electrons.